The molecule has 0 fully saturated rings. The summed E-state index contributed by atoms with van der Waals surface area (Å²) in [6.45, 7) is -4.82. The molecular weight excluding hydrogens is 912 g/mol. The van der Waals surface area contributed by atoms with E-state index < -0.39 is 106 Å². The Hall–Kier alpha value is -2.41. The second kappa shape index (κ2) is 13.1. The molecule has 0 rings (SSSR count). The molecule has 38 heteroatoms. The van der Waals surface area contributed by atoms with Gasteiger partial charge in [0.1, 0.15) is 6.61 Å². The standard InChI is InChI=1S/C16H2F32O5S/c17-2(18,1-51-54(49,50)16(47,48)9(31,32)7(27,28)11(36,37)38)3(19,20)12(39,40)52-14(43,44)15(45,46)53-13(41,42)8(29,30)5(23,24)4(21,22)6(25,26)10(33,34)35/h1H2. The predicted molar refractivity (Wildman–Crippen MR) is 93.5 cm³/mol. The fourth-order valence-electron chi connectivity index (χ4n) is 2.37. The van der Waals surface area contributed by atoms with Gasteiger partial charge in [-0.3, -0.25) is 4.18 Å². The van der Waals surface area contributed by atoms with Crippen LogP contribution in [-0.2, 0) is 23.8 Å². The maximum atomic E-state index is 13.6. The van der Waals surface area contributed by atoms with E-state index in [0.717, 1.165) is 9.47 Å². The Bertz CT molecular complexity index is 1450. The third-order valence-corrected chi connectivity index (χ3v) is 6.72. The monoisotopic (exact) mass is 914 g/mol. The van der Waals surface area contributed by atoms with E-state index in [4.69, 9.17) is 0 Å². The molecule has 0 aliphatic carbocycles. The molecule has 0 unspecified atom stereocenters. The molecule has 0 atom stereocenters. The van der Waals surface area contributed by atoms with Crippen molar-refractivity contribution in [1.82, 2.24) is 0 Å². The van der Waals surface area contributed by atoms with Gasteiger partial charge in [0, 0.05) is 0 Å². The minimum absolute atomic E-state index is 0.795. The van der Waals surface area contributed by atoms with Gasteiger partial charge in [-0.05, 0) is 0 Å². The highest BCUT2D eigenvalue weighted by Gasteiger charge is 2.93. The van der Waals surface area contributed by atoms with Gasteiger partial charge in [0.25, 0.3) is 0 Å². The van der Waals surface area contributed by atoms with Crippen molar-refractivity contribution in [2.24, 2.45) is 0 Å². The fraction of sp³-hybridized carbons (Fsp3) is 1.00. The van der Waals surface area contributed by atoms with Gasteiger partial charge < -0.3 is 0 Å². The lowest BCUT2D eigenvalue weighted by Crippen LogP contribution is -2.71. The topological polar surface area (TPSA) is 61.8 Å². The Kier molecular flexibility index (Phi) is 12.5. The molecule has 0 heterocycles. The lowest BCUT2D eigenvalue weighted by Gasteiger charge is -2.40. The Balaban J connectivity index is 6.70. The first-order valence-corrected chi connectivity index (χ1v) is 12.4. The molecule has 0 aromatic heterocycles. The van der Waals surface area contributed by atoms with Gasteiger partial charge in [0.15, 0.2) is 0 Å². The van der Waals surface area contributed by atoms with E-state index >= 15 is 0 Å². The summed E-state index contributed by atoms with van der Waals surface area (Å²) in [4.78, 5) is 0. The third kappa shape index (κ3) is 7.54. The van der Waals surface area contributed by atoms with E-state index in [1.54, 1.807) is 0 Å². The number of ether oxygens (including phenoxy) is 2. The average molecular weight is 914 g/mol. The van der Waals surface area contributed by atoms with Crippen LogP contribution in [0.5, 0.6) is 0 Å². The minimum Gasteiger partial charge on any atom is -0.259 e. The minimum atomic E-state index is -9.17. The highest BCUT2D eigenvalue weighted by molar-refractivity contribution is 7.87. The molecule has 0 saturated heterocycles. The van der Waals surface area contributed by atoms with Crippen molar-refractivity contribution in [2.75, 3.05) is 6.61 Å². The van der Waals surface area contributed by atoms with Gasteiger partial charge in [-0.15, -0.1) is 0 Å². The van der Waals surface area contributed by atoms with Crippen LogP contribution in [0.25, 0.3) is 0 Å². The number of halogens is 32. The Morgan fingerprint density at radius 2 is 0.574 bits per heavy atom. The zero-order valence-corrected chi connectivity index (χ0v) is 23.6. The summed E-state index contributed by atoms with van der Waals surface area (Å²) in [6, 6.07) is 0. The van der Waals surface area contributed by atoms with Crippen molar-refractivity contribution in [3.8, 4) is 0 Å². The molecule has 0 aliphatic heterocycles. The highest BCUT2D eigenvalue weighted by Crippen LogP contribution is 2.62. The largest absolute Gasteiger partial charge is 0.460 e. The summed E-state index contributed by atoms with van der Waals surface area (Å²) in [7, 11) is -8.76. The quantitative estimate of drug-likeness (QED) is 0.108. The molecule has 326 valence electrons. The van der Waals surface area contributed by atoms with Crippen molar-refractivity contribution in [2.45, 2.75) is 89.4 Å². The molecule has 0 radical (unpaired) electrons. The summed E-state index contributed by atoms with van der Waals surface area (Å²) >= 11 is 0. The smallest absolute Gasteiger partial charge is 0.259 e. The molecule has 54 heavy (non-hydrogen) atoms. The lowest BCUT2D eigenvalue weighted by atomic mass is 9.97. The normalized spacial score (nSPS) is 17.0. The first-order valence-electron chi connectivity index (χ1n) is 11.0. The lowest BCUT2D eigenvalue weighted by molar-refractivity contribution is -0.556. The SMILES string of the molecule is O=S(=O)(OCC(F)(F)C(F)(F)C(F)(F)OC(F)(F)C(F)(F)OC(F)(F)C(F)(F)C(F)(F)C(F)(F)C(F)(F)C(F)(F)F)C(F)(F)C(F)(F)C(F)(F)C(F)(F)F. The van der Waals surface area contributed by atoms with Crippen LogP contribution in [0.4, 0.5) is 140 Å². The Morgan fingerprint density at radius 3 is 0.870 bits per heavy atom. The van der Waals surface area contributed by atoms with E-state index in [2.05, 4.69) is 0 Å². The van der Waals surface area contributed by atoms with Crippen molar-refractivity contribution in [3.05, 3.63) is 0 Å². The van der Waals surface area contributed by atoms with Gasteiger partial charge in [-0.25, -0.2) is 9.47 Å². The number of rotatable bonds is 17. The van der Waals surface area contributed by atoms with Crippen molar-refractivity contribution < 1.29 is 163 Å². The average Bonchev–Trinajstić information content (AvgIpc) is 2.88. The van der Waals surface area contributed by atoms with Crippen LogP contribution in [0, 0.1) is 0 Å². The van der Waals surface area contributed by atoms with E-state index in [1.807, 2.05) is 4.18 Å². The summed E-state index contributed by atoms with van der Waals surface area (Å²) in [5.41, 5.74) is 0. The molecule has 0 aromatic carbocycles. The van der Waals surface area contributed by atoms with Gasteiger partial charge in [0.2, 0.25) is 0 Å². The van der Waals surface area contributed by atoms with E-state index in [1.165, 1.54) is 0 Å². The van der Waals surface area contributed by atoms with Crippen LogP contribution in [0.3, 0.4) is 0 Å². The third-order valence-electron chi connectivity index (χ3n) is 5.41. The van der Waals surface area contributed by atoms with Crippen molar-refractivity contribution in [3.63, 3.8) is 0 Å². The maximum absolute atomic E-state index is 13.6. The van der Waals surface area contributed by atoms with Crippen LogP contribution in [0.15, 0.2) is 0 Å². The molecule has 0 spiro atoms. The molecule has 0 bridgehead atoms. The van der Waals surface area contributed by atoms with Gasteiger partial charge in [-0.1, -0.05) is 0 Å². The zero-order chi connectivity index (χ0) is 44.8. The first-order chi connectivity index (χ1) is 22.6. The summed E-state index contributed by atoms with van der Waals surface area (Å²) in [6.07, 6.45) is -50.8. The van der Waals surface area contributed by atoms with Crippen molar-refractivity contribution >= 4 is 10.1 Å². The molecule has 0 amide bonds. The Labute approximate surface area is 270 Å². The van der Waals surface area contributed by atoms with Crippen molar-refractivity contribution in [1.29, 1.82) is 0 Å². The van der Waals surface area contributed by atoms with E-state index in [9.17, 15) is 149 Å². The van der Waals surface area contributed by atoms with Gasteiger partial charge in [-0.2, -0.15) is 149 Å². The van der Waals surface area contributed by atoms with Crippen LogP contribution in [-0.4, -0.2) is 104 Å². The summed E-state index contributed by atoms with van der Waals surface area (Å²) in [5.74, 6) is -69.0. The second-order valence-corrected chi connectivity index (χ2v) is 10.9. The van der Waals surface area contributed by atoms with E-state index in [-0.39, 0.29) is 0 Å². The number of hydrogen-bond donors (Lipinski definition) is 0. The van der Waals surface area contributed by atoms with Gasteiger partial charge >= 0.3 is 99.5 Å². The molecule has 0 aliphatic rings. The molecule has 0 N–H and O–H groups in total. The molecular formula is C16H2F32O5S. The maximum Gasteiger partial charge on any atom is 0.460 e. The first kappa shape index (κ1) is 51.6. The fourth-order valence-corrected chi connectivity index (χ4v) is 3.26. The molecule has 0 saturated carbocycles. The molecule has 0 aromatic rings. The predicted octanol–water partition coefficient (Wildman–Crippen LogP) is 9.54. The highest BCUT2D eigenvalue weighted by atomic mass is 32.2. The van der Waals surface area contributed by atoms with Gasteiger partial charge in [0.05, 0.1) is 0 Å². The van der Waals surface area contributed by atoms with Crippen LogP contribution < -0.4 is 0 Å². The number of alkyl halides is 32. The number of hydrogen-bond acceptors (Lipinski definition) is 5. The van der Waals surface area contributed by atoms with Crippen LogP contribution >= 0.6 is 0 Å². The second-order valence-electron chi connectivity index (χ2n) is 9.23. The van der Waals surface area contributed by atoms with Crippen LogP contribution in [0.2, 0.25) is 0 Å². The van der Waals surface area contributed by atoms with E-state index in [0.29, 0.717) is 0 Å². The summed E-state index contributed by atoms with van der Waals surface area (Å²) in [5, 5.41) is -8.27. The Morgan fingerprint density at radius 1 is 0.315 bits per heavy atom. The zero-order valence-electron chi connectivity index (χ0n) is 22.8. The van der Waals surface area contributed by atoms with Crippen LogP contribution in [0.1, 0.15) is 0 Å². The summed E-state index contributed by atoms with van der Waals surface area (Å²) < 4.78 is 443. The molecule has 5 nitrogen and oxygen atoms in total.